The molecule has 2 heterocycles. The summed E-state index contributed by atoms with van der Waals surface area (Å²) in [5.41, 5.74) is -0.552. The summed E-state index contributed by atoms with van der Waals surface area (Å²) >= 11 is 0. The number of methoxy groups -OCH3 is 1. The van der Waals surface area contributed by atoms with Gasteiger partial charge in [-0.3, -0.25) is 14.5 Å². The molecule has 0 radical (unpaired) electrons. The van der Waals surface area contributed by atoms with Crippen molar-refractivity contribution in [1.29, 1.82) is 0 Å². The number of aryl methyl sites for hydroxylation is 1. The molecule has 4 aromatic rings. The number of anilines is 2. The van der Waals surface area contributed by atoms with Crippen molar-refractivity contribution >= 4 is 38.2 Å². The first-order chi connectivity index (χ1) is 19.2. The molecule has 0 aliphatic rings. The Morgan fingerprint density at radius 3 is 2.44 bits per heavy atom. The summed E-state index contributed by atoms with van der Waals surface area (Å²) in [6, 6.07) is 11.6. The Morgan fingerprint density at radius 2 is 1.80 bits per heavy atom. The van der Waals surface area contributed by atoms with Gasteiger partial charge in [0.2, 0.25) is 10.0 Å². The van der Waals surface area contributed by atoms with Crippen molar-refractivity contribution in [2.24, 2.45) is 7.05 Å². The molecule has 2 N–H and O–H groups in total. The minimum Gasteiger partial charge on any atom is -0.492 e. The minimum absolute atomic E-state index is 0.108. The molecular weight excluding hydrogens is 563 g/mol. The molecule has 0 bridgehead atoms. The van der Waals surface area contributed by atoms with Crippen molar-refractivity contribution in [3.05, 3.63) is 71.7 Å². The summed E-state index contributed by atoms with van der Waals surface area (Å²) in [6.45, 7) is 0.607. The maximum atomic E-state index is 13.6. The van der Waals surface area contributed by atoms with Crippen molar-refractivity contribution in [1.82, 2.24) is 14.5 Å². The van der Waals surface area contributed by atoms with Gasteiger partial charge in [-0.1, -0.05) is 12.1 Å². The standard InChI is InChI=1S/C27H28F3N5O5S/c1-34(2)15-18-14-19(9-10-31-18)40-23-8-6-7-16-11-22(35(3)24(16)23)26(36)32-20-12-17(27(28,29)30)13-21(25(20)39-4)33-41(5,37)38/h6-14,33H,15H2,1-5H3,(H,32,36). The van der Waals surface area contributed by atoms with Crippen molar-refractivity contribution in [2.45, 2.75) is 12.7 Å². The number of nitrogens with zero attached hydrogens (tertiary/aromatic N) is 3. The first kappa shape index (κ1) is 29.7. The highest BCUT2D eigenvalue weighted by Gasteiger charge is 2.33. The summed E-state index contributed by atoms with van der Waals surface area (Å²) in [6.07, 6.45) is -2.41. The van der Waals surface area contributed by atoms with Gasteiger partial charge in [0.15, 0.2) is 11.5 Å². The summed E-state index contributed by atoms with van der Waals surface area (Å²) in [7, 11) is 2.64. The quantitative estimate of drug-likeness (QED) is 0.279. The number of benzene rings is 2. The van der Waals surface area contributed by atoms with E-state index in [9.17, 15) is 26.4 Å². The second kappa shape index (κ2) is 11.3. The van der Waals surface area contributed by atoms with Crippen LogP contribution in [0.5, 0.6) is 17.2 Å². The van der Waals surface area contributed by atoms with E-state index in [1.54, 1.807) is 54.2 Å². The van der Waals surface area contributed by atoms with Crippen LogP contribution in [0.1, 0.15) is 21.7 Å². The number of amides is 1. The van der Waals surface area contributed by atoms with E-state index >= 15 is 0 Å². The van der Waals surface area contributed by atoms with Gasteiger partial charge in [0, 0.05) is 31.2 Å². The van der Waals surface area contributed by atoms with Crippen LogP contribution in [0.3, 0.4) is 0 Å². The van der Waals surface area contributed by atoms with E-state index in [0.717, 1.165) is 19.1 Å². The lowest BCUT2D eigenvalue weighted by atomic mass is 10.1. The third-order valence-electron chi connectivity index (χ3n) is 5.91. The van der Waals surface area contributed by atoms with E-state index in [1.807, 2.05) is 23.7 Å². The lowest BCUT2D eigenvalue weighted by molar-refractivity contribution is -0.137. The average Bonchev–Trinajstić information content (AvgIpc) is 3.19. The Morgan fingerprint density at radius 1 is 1.10 bits per heavy atom. The highest BCUT2D eigenvalue weighted by atomic mass is 32.2. The van der Waals surface area contributed by atoms with Crippen molar-refractivity contribution in [3.63, 3.8) is 0 Å². The highest BCUT2D eigenvalue weighted by molar-refractivity contribution is 7.92. The number of alkyl halides is 3. The molecule has 1 amide bonds. The molecule has 14 heteroatoms. The SMILES string of the molecule is COc1c(NC(=O)c2cc3cccc(Oc4ccnc(CN(C)C)c4)c3n2C)cc(C(F)(F)F)cc1NS(C)(=O)=O. The summed E-state index contributed by atoms with van der Waals surface area (Å²) < 4.78 is 79.4. The third-order valence-corrected chi connectivity index (χ3v) is 6.50. The molecule has 41 heavy (non-hydrogen) atoms. The number of hydrogen-bond donors (Lipinski definition) is 2. The van der Waals surface area contributed by atoms with Crippen molar-refractivity contribution in [3.8, 4) is 17.2 Å². The number of hydrogen-bond acceptors (Lipinski definition) is 7. The van der Waals surface area contributed by atoms with Crippen LogP contribution in [0, 0.1) is 0 Å². The van der Waals surface area contributed by atoms with Gasteiger partial charge in [0.05, 0.1) is 41.5 Å². The van der Waals surface area contributed by atoms with E-state index in [1.165, 1.54) is 0 Å². The van der Waals surface area contributed by atoms with E-state index in [0.29, 0.717) is 41.1 Å². The molecule has 0 aliphatic heterocycles. The molecule has 10 nitrogen and oxygen atoms in total. The van der Waals surface area contributed by atoms with Gasteiger partial charge in [-0.25, -0.2) is 8.42 Å². The van der Waals surface area contributed by atoms with Gasteiger partial charge in [0.25, 0.3) is 5.91 Å². The average molecular weight is 592 g/mol. The Balaban J connectivity index is 1.72. The first-order valence-corrected chi connectivity index (χ1v) is 14.0. The number of pyridine rings is 1. The summed E-state index contributed by atoms with van der Waals surface area (Å²) in [5.74, 6) is -0.0564. The number of fused-ring (bicyclic) bond motifs is 1. The lowest BCUT2D eigenvalue weighted by Gasteiger charge is -2.18. The van der Waals surface area contributed by atoms with Crippen LogP contribution in [-0.2, 0) is 29.8 Å². The summed E-state index contributed by atoms with van der Waals surface area (Å²) in [4.78, 5) is 19.7. The van der Waals surface area contributed by atoms with Crippen LogP contribution in [0.15, 0.2) is 54.7 Å². The number of para-hydroxylation sites is 1. The normalized spacial score (nSPS) is 12.0. The van der Waals surface area contributed by atoms with Crippen molar-refractivity contribution in [2.75, 3.05) is 37.5 Å². The Hall–Kier alpha value is -4.30. The fourth-order valence-corrected chi connectivity index (χ4v) is 4.85. The molecule has 0 unspecified atom stereocenters. The zero-order chi connectivity index (χ0) is 30.1. The van der Waals surface area contributed by atoms with Gasteiger partial charge >= 0.3 is 6.18 Å². The van der Waals surface area contributed by atoms with Gasteiger partial charge in [-0.2, -0.15) is 13.2 Å². The molecule has 2 aromatic carbocycles. The first-order valence-electron chi connectivity index (χ1n) is 12.1. The number of carbonyl (C=O) groups is 1. The van der Waals surface area contributed by atoms with E-state index in [2.05, 4.69) is 10.3 Å². The van der Waals surface area contributed by atoms with Gasteiger partial charge in [-0.15, -0.1) is 0 Å². The molecule has 2 aromatic heterocycles. The van der Waals surface area contributed by atoms with Crippen LogP contribution in [0.4, 0.5) is 24.5 Å². The van der Waals surface area contributed by atoms with Crippen LogP contribution < -0.4 is 19.5 Å². The molecule has 0 aliphatic carbocycles. The zero-order valence-corrected chi connectivity index (χ0v) is 23.6. The number of rotatable bonds is 9. The minimum atomic E-state index is -4.83. The molecule has 0 saturated heterocycles. The molecule has 218 valence electrons. The maximum absolute atomic E-state index is 13.6. The number of nitrogens with one attached hydrogen (secondary N) is 2. The van der Waals surface area contributed by atoms with Crippen molar-refractivity contribution < 1.29 is 35.9 Å². The van der Waals surface area contributed by atoms with Gasteiger partial charge < -0.3 is 24.3 Å². The fraction of sp³-hybridized carbons (Fsp3) is 0.259. The van der Waals surface area contributed by atoms with Crippen LogP contribution in [0.2, 0.25) is 0 Å². The molecule has 0 fully saturated rings. The van der Waals surface area contributed by atoms with Gasteiger partial charge in [-0.05, 0) is 44.4 Å². The van der Waals surface area contributed by atoms with E-state index in [-0.39, 0.29) is 17.1 Å². The third kappa shape index (κ3) is 6.89. The second-order valence-electron chi connectivity index (χ2n) is 9.54. The Kier molecular flexibility index (Phi) is 8.17. The highest BCUT2D eigenvalue weighted by Crippen LogP contribution is 2.41. The monoisotopic (exact) mass is 591 g/mol. The summed E-state index contributed by atoms with van der Waals surface area (Å²) in [5, 5.41) is 3.09. The fourth-order valence-electron chi connectivity index (χ4n) is 4.30. The molecule has 0 saturated carbocycles. The molecule has 0 atom stereocenters. The number of carbonyl (C=O) groups excluding carboxylic acids is 1. The van der Waals surface area contributed by atoms with Crippen LogP contribution >= 0.6 is 0 Å². The predicted molar refractivity (Wildman–Crippen MR) is 149 cm³/mol. The Labute approximate surface area is 234 Å². The second-order valence-corrected chi connectivity index (χ2v) is 11.3. The predicted octanol–water partition coefficient (Wildman–Crippen LogP) is 5.08. The van der Waals surface area contributed by atoms with Crippen LogP contribution in [0.25, 0.3) is 10.9 Å². The number of halogens is 3. The zero-order valence-electron chi connectivity index (χ0n) is 22.8. The van der Waals surface area contributed by atoms with E-state index < -0.39 is 33.4 Å². The number of sulfonamides is 1. The number of ether oxygens (including phenoxy) is 2. The molecular formula is C27H28F3N5O5S. The molecule has 0 spiro atoms. The number of aromatic nitrogens is 2. The van der Waals surface area contributed by atoms with E-state index in [4.69, 9.17) is 9.47 Å². The molecule has 4 rings (SSSR count). The van der Waals surface area contributed by atoms with Gasteiger partial charge in [0.1, 0.15) is 11.4 Å². The largest absolute Gasteiger partial charge is 0.492 e. The smallest absolute Gasteiger partial charge is 0.416 e. The maximum Gasteiger partial charge on any atom is 0.416 e. The lowest BCUT2D eigenvalue weighted by Crippen LogP contribution is -2.18. The topological polar surface area (TPSA) is 115 Å². The van der Waals surface area contributed by atoms with Crippen LogP contribution in [-0.4, -0.2) is 56.2 Å². The Bertz CT molecular complexity index is 1720.